The molecule has 25 heavy (non-hydrogen) atoms. The molecule has 0 aliphatic heterocycles. The number of benzene rings is 2. The molecule has 0 spiro atoms. The number of amides is 1. The highest BCUT2D eigenvalue weighted by atomic mass is 32.2. The van der Waals surface area contributed by atoms with Gasteiger partial charge in [0.2, 0.25) is 0 Å². The van der Waals surface area contributed by atoms with E-state index in [2.05, 4.69) is 0 Å². The van der Waals surface area contributed by atoms with Crippen LogP contribution in [0.4, 0.5) is 32.0 Å². The smallest absolute Gasteiger partial charge is 0.419 e. The third-order valence-corrected chi connectivity index (χ3v) is 3.67. The van der Waals surface area contributed by atoms with Crippen LogP contribution in [0.25, 0.3) is 0 Å². The van der Waals surface area contributed by atoms with E-state index >= 15 is 0 Å². The van der Waals surface area contributed by atoms with Crippen LogP contribution < -0.4 is 5.32 Å². The number of hydrogen-bond acceptors (Lipinski definition) is 3. The van der Waals surface area contributed by atoms with Crippen LogP contribution in [0.2, 0.25) is 0 Å². The summed E-state index contributed by atoms with van der Waals surface area (Å²) >= 11 is -3.11. The highest BCUT2D eigenvalue weighted by molar-refractivity contribution is 7.79. The molecule has 2 aromatic carbocycles. The fourth-order valence-corrected chi connectivity index (χ4v) is 2.31. The van der Waals surface area contributed by atoms with Crippen LogP contribution in [0.5, 0.6) is 0 Å². The van der Waals surface area contributed by atoms with Crippen LogP contribution in [-0.4, -0.2) is 14.7 Å². The van der Waals surface area contributed by atoms with Crippen molar-refractivity contribution < 1.29 is 39.9 Å². The van der Waals surface area contributed by atoms with Crippen molar-refractivity contribution in [3.05, 3.63) is 58.9 Å². The van der Waals surface area contributed by atoms with Crippen molar-refractivity contribution in [2.24, 2.45) is 0 Å². The average molecular weight is 382 g/mol. The summed E-state index contributed by atoms with van der Waals surface area (Å²) in [7, 11) is 0. The molecule has 134 valence electrons. The van der Waals surface area contributed by atoms with E-state index in [9.17, 15) is 39.9 Å². The first-order chi connectivity index (χ1) is 11.5. The maximum Gasteiger partial charge on any atom is 0.419 e. The molecule has 2 rings (SSSR count). The molecule has 4 nitrogen and oxygen atoms in total. The fraction of sp³-hybridized carbons (Fsp3) is 0.0714. The van der Waals surface area contributed by atoms with E-state index in [0.29, 0.717) is 18.2 Å². The maximum atomic E-state index is 13.9. The van der Waals surface area contributed by atoms with Crippen LogP contribution in [0.3, 0.4) is 0 Å². The zero-order valence-electron chi connectivity index (χ0n) is 11.8. The van der Waals surface area contributed by atoms with E-state index in [-0.39, 0.29) is 6.07 Å². The lowest BCUT2D eigenvalue weighted by molar-refractivity contribution is -0.139. The molecule has 0 radical (unpaired) electrons. The Labute approximate surface area is 138 Å². The fourth-order valence-electron chi connectivity index (χ4n) is 1.88. The van der Waals surface area contributed by atoms with Crippen molar-refractivity contribution in [3.63, 3.8) is 0 Å². The third kappa shape index (κ3) is 3.99. The Kier molecular flexibility index (Phi) is 5.18. The van der Waals surface area contributed by atoms with E-state index in [0.717, 1.165) is 6.07 Å². The van der Waals surface area contributed by atoms with Gasteiger partial charge < -0.3 is 9.87 Å². The lowest BCUT2D eigenvalue weighted by atomic mass is 10.1. The molecule has 1 unspecified atom stereocenters. The Morgan fingerprint density at radius 1 is 1.04 bits per heavy atom. The topological polar surface area (TPSA) is 69.2 Å². The van der Waals surface area contributed by atoms with Gasteiger partial charge in [-0.2, -0.15) is 13.2 Å². The molecule has 0 saturated heterocycles. The quantitative estimate of drug-likeness (QED) is 0.651. The van der Waals surface area contributed by atoms with Gasteiger partial charge in [-0.3, -0.25) is 9.00 Å². The summed E-state index contributed by atoms with van der Waals surface area (Å²) < 4.78 is 100. The lowest BCUT2D eigenvalue weighted by Gasteiger charge is -2.13. The second-order valence-electron chi connectivity index (χ2n) is 4.62. The molecule has 0 aliphatic rings. The van der Waals surface area contributed by atoms with Crippen molar-refractivity contribution in [3.8, 4) is 0 Å². The minimum atomic E-state index is -5.05. The van der Waals surface area contributed by atoms with Crippen molar-refractivity contribution in [2.45, 2.75) is 11.1 Å². The Morgan fingerprint density at radius 3 is 2.20 bits per heavy atom. The Morgan fingerprint density at radius 2 is 1.64 bits per heavy atom. The molecule has 0 aliphatic carbocycles. The number of halogens is 6. The molecule has 0 bridgehead atoms. The van der Waals surface area contributed by atoms with Crippen LogP contribution in [0, 0.1) is 17.5 Å². The number of carbonyl (C=O) groups excluding carboxylic acids is 1. The zero-order chi connectivity index (χ0) is 18.9. The van der Waals surface area contributed by atoms with Crippen molar-refractivity contribution in [1.82, 2.24) is 0 Å². The first kappa shape index (κ1) is 18.9. The molecular formula is C14H6F6NO3S-. The van der Waals surface area contributed by atoms with Gasteiger partial charge in [0.15, 0.2) is 5.82 Å². The van der Waals surface area contributed by atoms with Gasteiger partial charge in [-0.05, 0) is 41.4 Å². The van der Waals surface area contributed by atoms with Crippen molar-refractivity contribution >= 4 is 22.7 Å². The molecule has 0 aromatic heterocycles. The Hall–Kier alpha value is -2.40. The van der Waals surface area contributed by atoms with Gasteiger partial charge in [-0.25, -0.2) is 13.2 Å². The number of alkyl halides is 3. The van der Waals surface area contributed by atoms with Gasteiger partial charge in [0.05, 0.1) is 10.5 Å². The van der Waals surface area contributed by atoms with Crippen LogP contribution in [0.1, 0.15) is 15.9 Å². The zero-order valence-corrected chi connectivity index (χ0v) is 12.6. The normalized spacial score (nSPS) is 12.8. The predicted molar refractivity (Wildman–Crippen MR) is 72.9 cm³/mol. The lowest BCUT2D eigenvalue weighted by Crippen LogP contribution is -2.18. The largest absolute Gasteiger partial charge is 0.768 e. The van der Waals surface area contributed by atoms with Gasteiger partial charge in [0, 0.05) is 5.69 Å². The van der Waals surface area contributed by atoms with E-state index in [1.807, 2.05) is 0 Å². The van der Waals surface area contributed by atoms with Crippen molar-refractivity contribution in [1.29, 1.82) is 0 Å². The number of nitrogens with one attached hydrogen (secondary N) is 1. The molecule has 11 heteroatoms. The van der Waals surface area contributed by atoms with Gasteiger partial charge in [0.1, 0.15) is 17.2 Å². The highest BCUT2D eigenvalue weighted by Gasteiger charge is 2.34. The van der Waals surface area contributed by atoms with Crippen LogP contribution >= 0.6 is 0 Å². The summed E-state index contributed by atoms with van der Waals surface area (Å²) in [4.78, 5) is 10.9. The summed E-state index contributed by atoms with van der Waals surface area (Å²) in [5.41, 5.74) is -3.59. The van der Waals surface area contributed by atoms with Gasteiger partial charge in [-0.1, -0.05) is 0 Å². The highest BCUT2D eigenvalue weighted by Crippen LogP contribution is 2.33. The van der Waals surface area contributed by atoms with Gasteiger partial charge in [0.25, 0.3) is 5.91 Å². The third-order valence-electron chi connectivity index (χ3n) is 2.99. The SMILES string of the molecule is O=C(Nc1ccc(F)c(C(F)(F)F)c1)c1c(F)ccc(S(=O)[O-])c1F. The molecule has 0 saturated carbocycles. The number of hydrogen-bond donors (Lipinski definition) is 1. The maximum absolute atomic E-state index is 13.9. The van der Waals surface area contributed by atoms with Gasteiger partial charge in [-0.15, -0.1) is 0 Å². The number of carbonyl (C=O) groups is 1. The Bertz CT molecular complexity index is 868. The van der Waals surface area contributed by atoms with Gasteiger partial charge >= 0.3 is 6.18 Å². The molecule has 1 amide bonds. The minimum Gasteiger partial charge on any atom is -0.768 e. The summed E-state index contributed by atoms with van der Waals surface area (Å²) in [5, 5.41) is 1.76. The van der Waals surface area contributed by atoms with Crippen molar-refractivity contribution in [2.75, 3.05) is 5.32 Å². The molecule has 1 atom stereocenters. The number of rotatable bonds is 3. The van der Waals surface area contributed by atoms with E-state index in [4.69, 9.17) is 0 Å². The summed E-state index contributed by atoms with van der Waals surface area (Å²) in [6.45, 7) is 0. The second kappa shape index (κ2) is 6.84. The average Bonchev–Trinajstić information content (AvgIpc) is 2.47. The van der Waals surface area contributed by atoms with Crippen LogP contribution in [0.15, 0.2) is 35.2 Å². The summed E-state index contributed by atoms with van der Waals surface area (Å²) in [6.07, 6.45) is -5.05. The molecule has 1 N–H and O–H groups in total. The standard InChI is InChI=1S/C14H7F6NO3S/c15-8-2-1-6(5-7(8)14(18,19)20)21-13(22)11-9(16)3-4-10(12(11)17)25(23)24/h1-5H,(H,21,22)(H,23,24)/p-1. The van der Waals surface area contributed by atoms with E-state index < -0.39 is 62.3 Å². The minimum absolute atomic E-state index is 0.235. The first-order valence-corrected chi connectivity index (χ1v) is 7.35. The molecular weight excluding hydrogens is 376 g/mol. The second-order valence-corrected chi connectivity index (χ2v) is 5.52. The van der Waals surface area contributed by atoms with Crippen LogP contribution in [-0.2, 0) is 17.3 Å². The molecule has 0 fully saturated rings. The summed E-state index contributed by atoms with van der Waals surface area (Å²) in [6, 6.07) is 2.47. The molecule has 0 heterocycles. The predicted octanol–water partition coefficient (Wildman–Crippen LogP) is 3.61. The molecule has 2 aromatic rings. The Balaban J connectivity index is 2.42. The van der Waals surface area contributed by atoms with E-state index in [1.54, 1.807) is 5.32 Å². The number of anilines is 1. The summed E-state index contributed by atoms with van der Waals surface area (Å²) in [5.74, 6) is -6.28. The monoisotopic (exact) mass is 382 g/mol. The first-order valence-electron chi connectivity index (χ1n) is 6.27. The van der Waals surface area contributed by atoms with E-state index in [1.165, 1.54) is 0 Å².